The van der Waals surface area contributed by atoms with E-state index in [4.69, 9.17) is 4.42 Å². The van der Waals surface area contributed by atoms with Crippen molar-refractivity contribution in [1.82, 2.24) is 10.3 Å². The van der Waals surface area contributed by atoms with Gasteiger partial charge in [0.1, 0.15) is 5.76 Å². The van der Waals surface area contributed by atoms with E-state index in [2.05, 4.69) is 49.3 Å². The van der Waals surface area contributed by atoms with Crippen LogP contribution in [0.4, 0.5) is 0 Å². The summed E-state index contributed by atoms with van der Waals surface area (Å²) in [6.45, 7) is 11.3. The molecule has 1 aromatic carbocycles. The second-order valence-corrected chi connectivity index (χ2v) is 6.37. The fourth-order valence-electron chi connectivity index (χ4n) is 2.38. The first-order valence-corrected chi connectivity index (χ1v) is 8.37. The Morgan fingerprint density at radius 2 is 2.00 bits per heavy atom. The lowest BCUT2D eigenvalue weighted by Crippen LogP contribution is -2.23. The van der Waals surface area contributed by atoms with Crippen LogP contribution in [0.5, 0.6) is 0 Å². The Morgan fingerprint density at radius 3 is 2.57 bits per heavy atom. The Balaban J connectivity index is 2.11. The summed E-state index contributed by atoms with van der Waals surface area (Å²) in [5.41, 5.74) is 4.97. The molecule has 2 rings (SSSR count). The molecule has 0 aliphatic carbocycles. The number of hydrogen-bond donors (Lipinski definition) is 1. The van der Waals surface area contributed by atoms with Crippen LogP contribution >= 0.6 is 11.8 Å². The lowest BCUT2D eigenvalue weighted by Gasteiger charge is -2.19. The normalized spacial score (nSPS) is 12.6. The van der Waals surface area contributed by atoms with Gasteiger partial charge in [-0.25, -0.2) is 4.98 Å². The number of benzene rings is 1. The van der Waals surface area contributed by atoms with Gasteiger partial charge in [0.2, 0.25) is 0 Å². The minimum absolute atomic E-state index is 0.313. The number of aromatic nitrogens is 1. The van der Waals surface area contributed by atoms with Crippen molar-refractivity contribution in [3.05, 3.63) is 46.3 Å². The molecular weight excluding hydrogens is 280 g/mol. The number of rotatable bonds is 6. The summed E-state index contributed by atoms with van der Waals surface area (Å²) < 4.78 is 5.65. The molecule has 0 fully saturated rings. The van der Waals surface area contributed by atoms with Crippen molar-refractivity contribution in [2.24, 2.45) is 0 Å². The van der Waals surface area contributed by atoms with Crippen molar-refractivity contribution >= 4 is 11.8 Å². The van der Waals surface area contributed by atoms with E-state index in [1.165, 1.54) is 16.7 Å². The van der Waals surface area contributed by atoms with E-state index in [-0.39, 0.29) is 0 Å². The molecule has 0 bridgehead atoms. The summed E-state index contributed by atoms with van der Waals surface area (Å²) in [6, 6.07) is 6.96. The van der Waals surface area contributed by atoms with Gasteiger partial charge in [-0.1, -0.05) is 42.4 Å². The maximum atomic E-state index is 5.65. The van der Waals surface area contributed by atoms with Crippen molar-refractivity contribution in [2.75, 3.05) is 12.3 Å². The zero-order valence-electron chi connectivity index (χ0n) is 13.5. The highest BCUT2D eigenvalue weighted by molar-refractivity contribution is 7.99. The van der Waals surface area contributed by atoms with E-state index in [1.807, 2.05) is 13.8 Å². The van der Waals surface area contributed by atoms with Gasteiger partial charge in [0, 0.05) is 11.8 Å². The topological polar surface area (TPSA) is 38.1 Å². The van der Waals surface area contributed by atoms with E-state index in [0.717, 1.165) is 29.0 Å². The van der Waals surface area contributed by atoms with Crippen LogP contribution in [0.3, 0.4) is 0 Å². The zero-order valence-corrected chi connectivity index (χ0v) is 14.3. The van der Waals surface area contributed by atoms with E-state index in [1.54, 1.807) is 11.8 Å². The van der Waals surface area contributed by atoms with Gasteiger partial charge >= 0.3 is 0 Å². The molecule has 0 radical (unpaired) electrons. The molecule has 4 heteroatoms. The molecule has 0 saturated heterocycles. The van der Waals surface area contributed by atoms with Gasteiger partial charge in [0.05, 0.1) is 5.69 Å². The molecule has 1 heterocycles. The summed E-state index contributed by atoms with van der Waals surface area (Å²) in [6.07, 6.45) is 0. The maximum Gasteiger partial charge on any atom is 0.256 e. The summed E-state index contributed by atoms with van der Waals surface area (Å²) in [5.74, 6) is 1.82. The largest absolute Gasteiger partial charge is 0.437 e. The van der Waals surface area contributed by atoms with Gasteiger partial charge in [0.25, 0.3) is 5.22 Å². The third-order valence-corrected chi connectivity index (χ3v) is 4.56. The van der Waals surface area contributed by atoms with Crippen LogP contribution in [-0.4, -0.2) is 17.3 Å². The first-order valence-electron chi connectivity index (χ1n) is 7.38. The Kier molecular flexibility index (Phi) is 5.48. The minimum Gasteiger partial charge on any atom is -0.437 e. The molecule has 0 saturated carbocycles. The SMILES string of the molecule is CCNC(CSc1nc(C)c(C)o1)c1ccc(C)cc1C. The van der Waals surface area contributed by atoms with E-state index in [0.29, 0.717) is 6.04 Å². The summed E-state index contributed by atoms with van der Waals surface area (Å²) in [5, 5.41) is 4.32. The van der Waals surface area contributed by atoms with Crippen LogP contribution in [0, 0.1) is 27.7 Å². The number of oxazole rings is 1. The molecule has 1 aromatic heterocycles. The number of aryl methyl sites for hydroxylation is 4. The zero-order chi connectivity index (χ0) is 15.4. The number of thioether (sulfide) groups is 1. The fourth-order valence-corrected chi connectivity index (χ4v) is 3.37. The molecule has 3 nitrogen and oxygen atoms in total. The first kappa shape index (κ1) is 16.1. The first-order chi connectivity index (χ1) is 10.0. The summed E-state index contributed by atoms with van der Waals surface area (Å²) in [7, 11) is 0. The van der Waals surface area contributed by atoms with Crippen LogP contribution in [0.15, 0.2) is 27.8 Å². The Morgan fingerprint density at radius 1 is 1.24 bits per heavy atom. The molecule has 114 valence electrons. The molecular formula is C17H24N2OS. The molecule has 1 unspecified atom stereocenters. The average molecular weight is 304 g/mol. The highest BCUT2D eigenvalue weighted by Gasteiger charge is 2.15. The smallest absolute Gasteiger partial charge is 0.256 e. The van der Waals surface area contributed by atoms with Gasteiger partial charge in [-0.3, -0.25) is 0 Å². The highest BCUT2D eigenvalue weighted by Crippen LogP contribution is 2.27. The summed E-state index contributed by atoms with van der Waals surface area (Å²) >= 11 is 1.67. The summed E-state index contributed by atoms with van der Waals surface area (Å²) in [4.78, 5) is 4.44. The monoisotopic (exact) mass is 304 g/mol. The number of hydrogen-bond acceptors (Lipinski definition) is 4. The van der Waals surface area contributed by atoms with Gasteiger partial charge in [-0.05, 0) is 45.4 Å². The van der Waals surface area contributed by atoms with Crippen molar-refractivity contribution in [1.29, 1.82) is 0 Å². The number of nitrogens with zero attached hydrogens (tertiary/aromatic N) is 1. The van der Waals surface area contributed by atoms with Gasteiger partial charge < -0.3 is 9.73 Å². The van der Waals surface area contributed by atoms with E-state index >= 15 is 0 Å². The maximum absolute atomic E-state index is 5.65. The second-order valence-electron chi connectivity index (χ2n) is 5.40. The fraction of sp³-hybridized carbons (Fsp3) is 0.471. The third kappa shape index (κ3) is 4.11. The van der Waals surface area contributed by atoms with Crippen molar-refractivity contribution in [3.8, 4) is 0 Å². The molecule has 0 aliphatic rings. The van der Waals surface area contributed by atoms with Crippen LogP contribution in [0.25, 0.3) is 0 Å². The van der Waals surface area contributed by atoms with Crippen LogP contribution in [0.1, 0.15) is 41.1 Å². The van der Waals surface area contributed by atoms with Crippen molar-refractivity contribution in [3.63, 3.8) is 0 Å². The highest BCUT2D eigenvalue weighted by atomic mass is 32.2. The van der Waals surface area contributed by atoms with E-state index in [9.17, 15) is 0 Å². The Hall–Kier alpha value is -1.26. The standard InChI is InChI=1S/C17H24N2OS/c1-6-18-16(15-8-7-11(2)9-12(15)3)10-21-17-19-13(4)14(5)20-17/h7-9,16,18H,6,10H2,1-5H3. The third-order valence-electron chi connectivity index (χ3n) is 3.63. The van der Waals surface area contributed by atoms with Gasteiger partial charge in [-0.15, -0.1) is 0 Å². The van der Waals surface area contributed by atoms with Gasteiger partial charge in [0.15, 0.2) is 0 Å². The minimum atomic E-state index is 0.313. The van der Waals surface area contributed by atoms with Crippen LogP contribution < -0.4 is 5.32 Å². The second kappa shape index (κ2) is 7.14. The predicted octanol–water partition coefficient (Wildman–Crippen LogP) is 4.35. The van der Waals surface area contributed by atoms with Crippen LogP contribution in [-0.2, 0) is 0 Å². The number of nitrogens with one attached hydrogen (secondary N) is 1. The molecule has 1 atom stereocenters. The lowest BCUT2D eigenvalue weighted by molar-refractivity contribution is 0.430. The Labute approximate surface area is 131 Å². The van der Waals surface area contributed by atoms with Crippen molar-refractivity contribution < 1.29 is 4.42 Å². The van der Waals surface area contributed by atoms with Gasteiger partial charge in [-0.2, -0.15) is 0 Å². The average Bonchev–Trinajstić information content (AvgIpc) is 2.74. The molecule has 21 heavy (non-hydrogen) atoms. The molecule has 0 spiro atoms. The quantitative estimate of drug-likeness (QED) is 0.805. The Bertz CT molecular complexity index is 587. The van der Waals surface area contributed by atoms with Crippen LogP contribution in [0.2, 0.25) is 0 Å². The van der Waals surface area contributed by atoms with E-state index < -0.39 is 0 Å². The molecule has 1 N–H and O–H groups in total. The predicted molar refractivity (Wildman–Crippen MR) is 89.0 cm³/mol. The van der Waals surface area contributed by atoms with Crippen molar-refractivity contribution in [2.45, 2.75) is 45.9 Å². The molecule has 0 aliphatic heterocycles. The molecule has 2 aromatic rings. The lowest BCUT2D eigenvalue weighted by atomic mass is 10.0. The molecule has 0 amide bonds.